The lowest BCUT2D eigenvalue weighted by atomic mass is 10.0. The van der Waals surface area contributed by atoms with E-state index in [9.17, 15) is 0 Å². The Bertz CT molecular complexity index is 346. The SMILES string of the molecule is CC1Cc2cccc(CCCN)c2N1C. The van der Waals surface area contributed by atoms with Crippen molar-refractivity contribution in [3.8, 4) is 0 Å². The number of fused-ring (bicyclic) bond motifs is 1. The van der Waals surface area contributed by atoms with Gasteiger partial charge in [0, 0.05) is 18.8 Å². The molecule has 0 spiro atoms. The zero-order valence-corrected chi connectivity index (χ0v) is 9.66. The summed E-state index contributed by atoms with van der Waals surface area (Å²) in [5, 5.41) is 0. The number of anilines is 1. The molecule has 2 N–H and O–H groups in total. The molecule has 0 aromatic heterocycles. The second-order valence-corrected chi connectivity index (χ2v) is 4.48. The van der Waals surface area contributed by atoms with E-state index >= 15 is 0 Å². The third-order valence-corrected chi connectivity index (χ3v) is 3.38. The summed E-state index contributed by atoms with van der Waals surface area (Å²) in [6, 6.07) is 7.31. The smallest absolute Gasteiger partial charge is 0.0432 e. The highest BCUT2D eigenvalue weighted by atomic mass is 15.2. The van der Waals surface area contributed by atoms with E-state index in [1.807, 2.05) is 0 Å². The fourth-order valence-corrected chi connectivity index (χ4v) is 2.43. The largest absolute Gasteiger partial charge is 0.371 e. The van der Waals surface area contributed by atoms with Gasteiger partial charge in [-0.15, -0.1) is 0 Å². The van der Waals surface area contributed by atoms with Gasteiger partial charge >= 0.3 is 0 Å². The second kappa shape index (κ2) is 4.23. The van der Waals surface area contributed by atoms with Gasteiger partial charge in [0.2, 0.25) is 0 Å². The van der Waals surface area contributed by atoms with Crippen LogP contribution in [0.5, 0.6) is 0 Å². The Balaban J connectivity index is 2.30. The van der Waals surface area contributed by atoms with Gasteiger partial charge in [-0.3, -0.25) is 0 Å². The maximum absolute atomic E-state index is 5.57. The molecule has 0 bridgehead atoms. The van der Waals surface area contributed by atoms with Gasteiger partial charge in [-0.1, -0.05) is 18.2 Å². The van der Waals surface area contributed by atoms with Crippen molar-refractivity contribution in [2.45, 2.75) is 32.2 Å². The number of aryl methyl sites for hydroxylation is 1. The van der Waals surface area contributed by atoms with Crippen LogP contribution >= 0.6 is 0 Å². The summed E-state index contributed by atoms with van der Waals surface area (Å²) < 4.78 is 0. The first-order chi connectivity index (χ1) is 7.24. The molecule has 1 aliphatic heterocycles. The molecule has 2 nitrogen and oxygen atoms in total. The molecule has 1 aliphatic rings. The Kier molecular flexibility index (Phi) is 2.96. The topological polar surface area (TPSA) is 29.3 Å². The molecule has 1 heterocycles. The van der Waals surface area contributed by atoms with Crippen molar-refractivity contribution < 1.29 is 0 Å². The third kappa shape index (κ3) is 1.86. The Labute approximate surface area is 92.1 Å². The van der Waals surface area contributed by atoms with Gasteiger partial charge in [0.15, 0.2) is 0 Å². The number of rotatable bonds is 3. The molecule has 0 amide bonds. The summed E-state index contributed by atoms with van der Waals surface area (Å²) in [5.74, 6) is 0. The molecule has 0 radical (unpaired) electrons. The zero-order valence-electron chi connectivity index (χ0n) is 9.66. The highest BCUT2D eigenvalue weighted by molar-refractivity contribution is 5.64. The van der Waals surface area contributed by atoms with E-state index in [0.717, 1.165) is 19.4 Å². The van der Waals surface area contributed by atoms with Crippen LogP contribution in [0.2, 0.25) is 0 Å². The average molecular weight is 204 g/mol. The lowest BCUT2D eigenvalue weighted by molar-refractivity contribution is 0.729. The molecule has 2 heteroatoms. The summed E-state index contributed by atoms with van der Waals surface area (Å²) in [5.41, 5.74) is 9.99. The molecule has 15 heavy (non-hydrogen) atoms. The number of likely N-dealkylation sites (N-methyl/N-ethyl adjacent to an activating group) is 1. The lowest BCUT2D eigenvalue weighted by Crippen LogP contribution is -2.24. The minimum Gasteiger partial charge on any atom is -0.371 e. The molecule has 2 rings (SSSR count). The highest BCUT2D eigenvalue weighted by Gasteiger charge is 2.24. The maximum atomic E-state index is 5.57. The van der Waals surface area contributed by atoms with Gasteiger partial charge in [-0.05, 0) is 43.9 Å². The zero-order chi connectivity index (χ0) is 10.8. The van der Waals surface area contributed by atoms with Crippen LogP contribution in [0.1, 0.15) is 24.5 Å². The van der Waals surface area contributed by atoms with Crippen LogP contribution in [0, 0.1) is 0 Å². The molecular formula is C13H20N2. The average Bonchev–Trinajstić information content (AvgIpc) is 2.53. The van der Waals surface area contributed by atoms with Crippen LogP contribution in [-0.4, -0.2) is 19.6 Å². The first-order valence-corrected chi connectivity index (χ1v) is 5.77. The quantitative estimate of drug-likeness (QED) is 0.815. The minimum absolute atomic E-state index is 0.638. The molecular weight excluding hydrogens is 184 g/mol. The van der Waals surface area contributed by atoms with Gasteiger partial charge in [-0.25, -0.2) is 0 Å². The van der Waals surface area contributed by atoms with E-state index in [-0.39, 0.29) is 0 Å². The van der Waals surface area contributed by atoms with E-state index < -0.39 is 0 Å². The van der Waals surface area contributed by atoms with Gasteiger partial charge < -0.3 is 10.6 Å². The Hall–Kier alpha value is -1.02. The van der Waals surface area contributed by atoms with E-state index in [1.54, 1.807) is 0 Å². The fraction of sp³-hybridized carbons (Fsp3) is 0.538. The summed E-state index contributed by atoms with van der Waals surface area (Å²) in [7, 11) is 2.20. The Morgan fingerprint density at radius 1 is 1.47 bits per heavy atom. The van der Waals surface area contributed by atoms with Crippen LogP contribution in [0.3, 0.4) is 0 Å². The third-order valence-electron chi connectivity index (χ3n) is 3.38. The predicted octanol–water partition coefficient (Wildman–Crippen LogP) is 1.96. The van der Waals surface area contributed by atoms with E-state index in [0.29, 0.717) is 6.04 Å². The Morgan fingerprint density at radius 3 is 3.00 bits per heavy atom. The second-order valence-electron chi connectivity index (χ2n) is 4.48. The number of hydrogen-bond donors (Lipinski definition) is 1. The summed E-state index contributed by atoms with van der Waals surface area (Å²) >= 11 is 0. The minimum atomic E-state index is 0.638. The predicted molar refractivity (Wildman–Crippen MR) is 65.4 cm³/mol. The standard InChI is InChI=1S/C13H20N2/c1-10-9-12-6-3-5-11(7-4-8-14)13(12)15(10)2/h3,5-6,10H,4,7-9,14H2,1-2H3. The molecule has 0 saturated carbocycles. The molecule has 1 aromatic carbocycles. The molecule has 0 fully saturated rings. The van der Waals surface area contributed by atoms with Gasteiger partial charge in [0.05, 0.1) is 0 Å². The normalized spacial score (nSPS) is 19.4. The van der Waals surface area contributed by atoms with Crippen molar-refractivity contribution in [3.63, 3.8) is 0 Å². The Morgan fingerprint density at radius 2 is 2.27 bits per heavy atom. The van der Waals surface area contributed by atoms with Crippen LogP contribution in [0.15, 0.2) is 18.2 Å². The summed E-state index contributed by atoms with van der Waals surface area (Å²) in [4.78, 5) is 2.40. The highest BCUT2D eigenvalue weighted by Crippen LogP contribution is 2.34. The van der Waals surface area contributed by atoms with Gasteiger partial charge in [0.25, 0.3) is 0 Å². The molecule has 0 saturated heterocycles. The first-order valence-electron chi connectivity index (χ1n) is 5.77. The van der Waals surface area contributed by atoms with Crippen LogP contribution in [0.4, 0.5) is 5.69 Å². The van der Waals surface area contributed by atoms with E-state index in [2.05, 4.69) is 37.1 Å². The fourth-order valence-electron chi connectivity index (χ4n) is 2.43. The van der Waals surface area contributed by atoms with Crippen LogP contribution < -0.4 is 10.6 Å². The van der Waals surface area contributed by atoms with Crippen molar-refractivity contribution in [3.05, 3.63) is 29.3 Å². The number of benzene rings is 1. The maximum Gasteiger partial charge on any atom is 0.0432 e. The number of para-hydroxylation sites is 1. The summed E-state index contributed by atoms with van der Waals surface area (Å²) in [6.45, 7) is 3.07. The molecule has 0 aliphatic carbocycles. The van der Waals surface area contributed by atoms with Crippen LogP contribution in [-0.2, 0) is 12.8 Å². The van der Waals surface area contributed by atoms with E-state index in [1.165, 1.54) is 23.2 Å². The van der Waals surface area contributed by atoms with Gasteiger partial charge in [0.1, 0.15) is 0 Å². The molecule has 1 unspecified atom stereocenters. The van der Waals surface area contributed by atoms with Crippen molar-refractivity contribution >= 4 is 5.69 Å². The van der Waals surface area contributed by atoms with Crippen molar-refractivity contribution in [2.24, 2.45) is 5.73 Å². The molecule has 1 aromatic rings. The van der Waals surface area contributed by atoms with Gasteiger partial charge in [-0.2, -0.15) is 0 Å². The van der Waals surface area contributed by atoms with Crippen LogP contribution in [0.25, 0.3) is 0 Å². The van der Waals surface area contributed by atoms with Crippen molar-refractivity contribution in [2.75, 3.05) is 18.5 Å². The molecule has 82 valence electrons. The number of nitrogens with two attached hydrogens (primary N) is 1. The number of hydrogen-bond acceptors (Lipinski definition) is 2. The molecule has 1 atom stereocenters. The van der Waals surface area contributed by atoms with Crippen molar-refractivity contribution in [1.82, 2.24) is 0 Å². The first kappa shape index (κ1) is 10.5. The lowest BCUT2D eigenvalue weighted by Gasteiger charge is -2.21. The summed E-state index contributed by atoms with van der Waals surface area (Å²) in [6.07, 6.45) is 3.37. The monoisotopic (exact) mass is 204 g/mol. The number of nitrogens with zero attached hydrogens (tertiary/aromatic N) is 1. The van der Waals surface area contributed by atoms with Crippen molar-refractivity contribution in [1.29, 1.82) is 0 Å². The van der Waals surface area contributed by atoms with E-state index in [4.69, 9.17) is 5.73 Å².